The van der Waals surface area contributed by atoms with Crippen LogP contribution in [0.4, 0.5) is 4.39 Å². The zero-order valence-corrected chi connectivity index (χ0v) is 15.2. The van der Waals surface area contributed by atoms with Crippen LogP contribution in [0.5, 0.6) is 0 Å². The molecule has 134 valence electrons. The molecule has 0 spiro atoms. The first-order valence-electron chi connectivity index (χ1n) is 8.12. The second-order valence-corrected chi connectivity index (χ2v) is 7.70. The number of nitrogens with one attached hydrogen (secondary N) is 2. The molecule has 2 N–H and O–H groups in total. The predicted molar refractivity (Wildman–Crippen MR) is 100 cm³/mol. The third kappa shape index (κ3) is 3.45. The van der Waals surface area contributed by atoms with Gasteiger partial charge in [0.05, 0.1) is 9.21 Å². The van der Waals surface area contributed by atoms with Gasteiger partial charge in [0.2, 0.25) is 6.10 Å². The highest BCUT2D eigenvalue weighted by Gasteiger charge is 2.29. The minimum absolute atomic E-state index is 0.197. The predicted octanol–water partition coefficient (Wildman–Crippen LogP) is 3.87. The Morgan fingerprint density at radius 1 is 1.42 bits per heavy atom. The van der Waals surface area contributed by atoms with Crippen molar-refractivity contribution in [3.05, 3.63) is 57.1 Å². The number of nitrogens with zero attached hydrogens (tertiary/aromatic N) is 1. The third-order valence-corrected chi connectivity index (χ3v) is 5.52. The van der Waals surface area contributed by atoms with Crippen LogP contribution in [0.1, 0.15) is 16.9 Å². The Bertz CT molecular complexity index is 997. The molecule has 5 nitrogen and oxygen atoms in total. The van der Waals surface area contributed by atoms with Crippen molar-refractivity contribution in [2.75, 3.05) is 6.54 Å². The van der Waals surface area contributed by atoms with Crippen molar-refractivity contribution in [3.8, 4) is 0 Å². The van der Waals surface area contributed by atoms with E-state index in [1.807, 2.05) is 12.3 Å². The number of carbonyl (C=O) groups is 1. The van der Waals surface area contributed by atoms with Crippen LogP contribution in [0.15, 0.2) is 41.7 Å². The van der Waals surface area contributed by atoms with Crippen molar-refractivity contribution in [3.63, 3.8) is 0 Å². The molecular formula is C18H15ClFN3O2S. The zero-order valence-electron chi connectivity index (χ0n) is 13.6. The molecule has 8 heteroatoms. The van der Waals surface area contributed by atoms with Crippen LogP contribution >= 0.6 is 22.9 Å². The summed E-state index contributed by atoms with van der Waals surface area (Å²) in [4.78, 5) is 21.5. The fraction of sp³-hybridized carbons (Fsp3) is 0.222. The van der Waals surface area contributed by atoms with Gasteiger partial charge in [-0.2, -0.15) is 0 Å². The van der Waals surface area contributed by atoms with Gasteiger partial charge in [0.1, 0.15) is 11.5 Å². The highest BCUT2D eigenvalue weighted by Crippen LogP contribution is 2.26. The van der Waals surface area contributed by atoms with Crippen molar-refractivity contribution in [2.24, 2.45) is 5.16 Å². The fourth-order valence-electron chi connectivity index (χ4n) is 2.93. The first-order valence-corrected chi connectivity index (χ1v) is 9.31. The molecule has 0 aliphatic carbocycles. The summed E-state index contributed by atoms with van der Waals surface area (Å²) in [5.74, 6) is -0.474. The summed E-state index contributed by atoms with van der Waals surface area (Å²) in [6.07, 6.45) is 2.28. The molecular weight excluding hydrogens is 377 g/mol. The van der Waals surface area contributed by atoms with Crippen LogP contribution in [0.3, 0.4) is 0 Å². The number of aromatic amines is 1. The monoisotopic (exact) mass is 391 g/mol. The van der Waals surface area contributed by atoms with E-state index in [4.69, 9.17) is 16.4 Å². The summed E-state index contributed by atoms with van der Waals surface area (Å²) >= 11 is 7.34. The van der Waals surface area contributed by atoms with Gasteiger partial charge in [-0.1, -0.05) is 16.8 Å². The van der Waals surface area contributed by atoms with Crippen LogP contribution in [-0.2, 0) is 16.1 Å². The van der Waals surface area contributed by atoms with Crippen molar-refractivity contribution >= 4 is 45.5 Å². The summed E-state index contributed by atoms with van der Waals surface area (Å²) in [7, 11) is 0. The van der Waals surface area contributed by atoms with Crippen molar-refractivity contribution in [1.82, 2.24) is 10.3 Å². The Kier molecular flexibility index (Phi) is 4.65. The molecule has 1 amide bonds. The standard InChI is InChI=1S/C18H15ClFN3O2S/c19-17-4-3-16(26-17)14-8-15(25-23-14)18(24)21-6-5-10-9-22-13-7-11(20)1-2-12(10)13/h1-4,7,9,15,22H,5-6,8H2,(H,21,24)/t15-/m0/s1. The molecule has 0 fully saturated rings. The number of hydrogen-bond acceptors (Lipinski definition) is 4. The smallest absolute Gasteiger partial charge is 0.264 e. The van der Waals surface area contributed by atoms with E-state index in [2.05, 4.69) is 15.5 Å². The molecule has 1 aliphatic rings. The lowest BCUT2D eigenvalue weighted by molar-refractivity contribution is -0.131. The minimum Gasteiger partial charge on any atom is -0.382 e. The molecule has 26 heavy (non-hydrogen) atoms. The van der Waals surface area contributed by atoms with E-state index in [1.165, 1.54) is 23.5 Å². The van der Waals surface area contributed by atoms with Crippen LogP contribution in [0, 0.1) is 5.82 Å². The summed E-state index contributed by atoms with van der Waals surface area (Å²) in [5, 5.41) is 7.82. The quantitative estimate of drug-likeness (QED) is 0.693. The van der Waals surface area contributed by atoms with E-state index < -0.39 is 6.10 Å². The molecule has 0 bridgehead atoms. The van der Waals surface area contributed by atoms with Crippen molar-refractivity contribution in [1.29, 1.82) is 0 Å². The molecule has 1 aliphatic heterocycles. The molecule has 3 aromatic rings. The Morgan fingerprint density at radius 2 is 2.31 bits per heavy atom. The van der Waals surface area contributed by atoms with Crippen LogP contribution in [-0.4, -0.2) is 29.3 Å². The molecule has 0 saturated carbocycles. The summed E-state index contributed by atoms with van der Waals surface area (Å²) < 4.78 is 13.9. The molecule has 0 radical (unpaired) electrons. The number of aromatic nitrogens is 1. The van der Waals surface area contributed by atoms with E-state index in [9.17, 15) is 9.18 Å². The van der Waals surface area contributed by atoms with Gasteiger partial charge in [0.15, 0.2) is 0 Å². The average molecular weight is 392 g/mol. The SMILES string of the molecule is O=C(NCCc1c[nH]c2cc(F)ccc12)[C@@H]1CC(c2ccc(Cl)s2)=NO1. The number of H-pyrrole nitrogens is 1. The van der Waals surface area contributed by atoms with E-state index in [0.717, 1.165) is 27.1 Å². The molecule has 0 unspecified atom stereocenters. The number of amides is 1. The molecule has 3 heterocycles. The zero-order chi connectivity index (χ0) is 18.1. The first-order chi connectivity index (χ1) is 12.6. The van der Waals surface area contributed by atoms with Crippen LogP contribution < -0.4 is 5.32 Å². The topological polar surface area (TPSA) is 66.5 Å². The Hall–Kier alpha value is -2.38. The van der Waals surface area contributed by atoms with E-state index in [0.29, 0.717) is 23.7 Å². The highest BCUT2D eigenvalue weighted by atomic mass is 35.5. The summed E-state index contributed by atoms with van der Waals surface area (Å²) in [5.41, 5.74) is 2.51. The van der Waals surface area contributed by atoms with Crippen molar-refractivity contribution < 1.29 is 14.0 Å². The maximum absolute atomic E-state index is 13.2. The molecule has 4 rings (SSSR count). The number of oxime groups is 1. The Morgan fingerprint density at radius 3 is 3.12 bits per heavy atom. The second kappa shape index (κ2) is 7.09. The van der Waals surface area contributed by atoms with Crippen LogP contribution in [0.25, 0.3) is 10.9 Å². The Labute approximate surface area is 157 Å². The maximum Gasteiger partial charge on any atom is 0.264 e. The maximum atomic E-state index is 13.2. The highest BCUT2D eigenvalue weighted by molar-refractivity contribution is 7.18. The van der Waals surface area contributed by atoms with E-state index in [1.54, 1.807) is 12.1 Å². The Balaban J connectivity index is 1.30. The fourth-order valence-corrected chi connectivity index (χ4v) is 3.97. The van der Waals surface area contributed by atoms with Gasteiger partial charge in [-0.3, -0.25) is 4.79 Å². The summed E-state index contributed by atoms with van der Waals surface area (Å²) in [6, 6.07) is 8.30. The normalized spacial score (nSPS) is 16.5. The first kappa shape index (κ1) is 17.1. The van der Waals surface area contributed by atoms with Gasteiger partial charge < -0.3 is 15.1 Å². The lowest BCUT2D eigenvalue weighted by Crippen LogP contribution is -2.35. The molecule has 0 saturated heterocycles. The van der Waals surface area contributed by atoms with E-state index in [-0.39, 0.29) is 11.7 Å². The van der Waals surface area contributed by atoms with E-state index >= 15 is 0 Å². The third-order valence-electron chi connectivity index (χ3n) is 4.24. The summed E-state index contributed by atoms with van der Waals surface area (Å²) in [6.45, 7) is 0.461. The second-order valence-electron chi connectivity index (χ2n) is 5.98. The van der Waals surface area contributed by atoms with Gasteiger partial charge in [-0.05, 0) is 42.3 Å². The molecule has 1 atom stereocenters. The average Bonchev–Trinajstić information content (AvgIpc) is 3.34. The number of hydrogen-bond donors (Lipinski definition) is 2. The number of halogens is 2. The van der Waals surface area contributed by atoms with Gasteiger partial charge >= 0.3 is 0 Å². The van der Waals surface area contributed by atoms with Gasteiger partial charge in [-0.15, -0.1) is 11.3 Å². The number of carbonyl (C=O) groups excluding carboxylic acids is 1. The number of rotatable bonds is 5. The van der Waals surface area contributed by atoms with Gasteiger partial charge in [0, 0.05) is 30.1 Å². The number of benzene rings is 1. The molecule has 1 aromatic carbocycles. The van der Waals surface area contributed by atoms with Crippen molar-refractivity contribution in [2.45, 2.75) is 18.9 Å². The molecule has 2 aromatic heterocycles. The van der Waals surface area contributed by atoms with Gasteiger partial charge in [0.25, 0.3) is 5.91 Å². The number of thiophene rings is 1. The minimum atomic E-state index is -0.622. The van der Waals surface area contributed by atoms with Gasteiger partial charge in [-0.25, -0.2) is 4.39 Å². The largest absolute Gasteiger partial charge is 0.382 e. The lowest BCUT2D eigenvalue weighted by Gasteiger charge is -2.09. The van der Waals surface area contributed by atoms with Crippen LogP contribution in [0.2, 0.25) is 4.34 Å². The number of fused-ring (bicyclic) bond motifs is 1. The lowest BCUT2D eigenvalue weighted by atomic mass is 10.1.